The average Bonchev–Trinajstić information content (AvgIpc) is 2.83. The van der Waals surface area contributed by atoms with Crippen molar-refractivity contribution in [1.82, 2.24) is 4.90 Å². The van der Waals surface area contributed by atoms with Gasteiger partial charge < -0.3 is 5.73 Å². The zero-order valence-corrected chi connectivity index (χ0v) is 10.5. The van der Waals surface area contributed by atoms with Crippen LogP contribution < -0.4 is 5.73 Å². The van der Waals surface area contributed by atoms with E-state index >= 15 is 0 Å². The standard InChI is InChI=1S/C13H20N2S/c14-7-8-15(13-6-9-16-11-13)10-12-4-2-1-3-5-12/h1-5,13H,6-11,14H2. The van der Waals surface area contributed by atoms with Crippen LogP contribution in [0.5, 0.6) is 0 Å². The Morgan fingerprint density at radius 3 is 2.75 bits per heavy atom. The second-order valence-electron chi connectivity index (χ2n) is 4.26. The minimum absolute atomic E-state index is 0.730. The molecule has 1 aromatic rings. The molecule has 1 fully saturated rings. The number of hydrogen-bond acceptors (Lipinski definition) is 3. The molecule has 1 aromatic carbocycles. The fourth-order valence-corrected chi connectivity index (χ4v) is 3.44. The SMILES string of the molecule is NCCN(Cc1ccccc1)C1CCSC1. The molecule has 0 bridgehead atoms. The molecule has 0 amide bonds. The molecule has 1 atom stereocenters. The molecule has 3 heteroatoms. The summed E-state index contributed by atoms with van der Waals surface area (Å²) in [4.78, 5) is 2.54. The van der Waals surface area contributed by atoms with Crippen molar-refractivity contribution in [1.29, 1.82) is 0 Å². The van der Waals surface area contributed by atoms with Crippen molar-refractivity contribution in [3.05, 3.63) is 35.9 Å². The Balaban J connectivity index is 1.96. The van der Waals surface area contributed by atoms with Crippen molar-refractivity contribution in [3.8, 4) is 0 Å². The predicted octanol–water partition coefficient (Wildman–Crippen LogP) is 1.95. The average molecular weight is 236 g/mol. The zero-order chi connectivity index (χ0) is 11.2. The molecule has 0 saturated carbocycles. The number of rotatable bonds is 5. The van der Waals surface area contributed by atoms with Gasteiger partial charge >= 0.3 is 0 Å². The van der Waals surface area contributed by atoms with Crippen molar-refractivity contribution in [3.63, 3.8) is 0 Å². The van der Waals surface area contributed by atoms with Gasteiger partial charge in [-0.3, -0.25) is 4.90 Å². The highest BCUT2D eigenvalue weighted by atomic mass is 32.2. The van der Waals surface area contributed by atoms with Crippen LogP contribution in [0.25, 0.3) is 0 Å². The fourth-order valence-electron chi connectivity index (χ4n) is 2.18. The van der Waals surface area contributed by atoms with Crippen LogP contribution in [0.3, 0.4) is 0 Å². The van der Waals surface area contributed by atoms with Gasteiger partial charge in [0.1, 0.15) is 0 Å². The molecular formula is C13H20N2S. The highest BCUT2D eigenvalue weighted by Crippen LogP contribution is 2.23. The summed E-state index contributed by atoms with van der Waals surface area (Å²) in [6.07, 6.45) is 1.32. The van der Waals surface area contributed by atoms with E-state index < -0.39 is 0 Å². The van der Waals surface area contributed by atoms with Crippen LogP contribution in [0.4, 0.5) is 0 Å². The third-order valence-corrected chi connectivity index (χ3v) is 4.21. The number of nitrogens with zero attached hydrogens (tertiary/aromatic N) is 1. The largest absolute Gasteiger partial charge is 0.329 e. The fraction of sp³-hybridized carbons (Fsp3) is 0.538. The van der Waals surface area contributed by atoms with Crippen LogP contribution in [-0.2, 0) is 6.54 Å². The van der Waals surface area contributed by atoms with Crippen LogP contribution in [0.15, 0.2) is 30.3 Å². The summed E-state index contributed by atoms with van der Waals surface area (Å²) in [7, 11) is 0. The molecule has 2 rings (SSSR count). The highest BCUT2D eigenvalue weighted by molar-refractivity contribution is 7.99. The first kappa shape index (κ1) is 12.0. The molecule has 1 aliphatic heterocycles. The second-order valence-corrected chi connectivity index (χ2v) is 5.41. The number of benzene rings is 1. The molecule has 2 nitrogen and oxygen atoms in total. The molecule has 1 heterocycles. The van der Waals surface area contributed by atoms with Gasteiger partial charge in [0.05, 0.1) is 0 Å². The summed E-state index contributed by atoms with van der Waals surface area (Å²) in [5, 5.41) is 0. The Labute approximate surface area is 102 Å². The van der Waals surface area contributed by atoms with E-state index in [-0.39, 0.29) is 0 Å². The summed E-state index contributed by atoms with van der Waals surface area (Å²) < 4.78 is 0. The molecule has 16 heavy (non-hydrogen) atoms. The molecule has 88 valence electrons. The van der Waals surface area contributed by atoms with E-state index in [0.717, 1.165) is 25.7 Å². The molecular weight excluding hydrogens is 216 g/mol. The second kappa shape index (κ2) is 6.28. The van der Waals surface area contributed by atoms with Crippen LogP contribution in [0.2, 0.25) is 0 Å². The summed E-state index contributed by atoms with van der Waals surface area (Å²) in [5.41, 5.74) is 7.10. The number of thioether (sulfide) groups is 1. The third-order valence-electron chi connectivity index (χ3n) is 3.07. The van der Waals surface area contributed by atoms with Crippen LogP contribution >= 0.6 is 11.8 Å². The Kier molecular flexibility index (Phi) is 4.69. The number of hydrogen-bond donors (Lipinski definition) is 1. The minimum Gasteiger partial charge on any atom is -0.329 e. The van der Waals surface area contributed by atoms with Gasteiger partial charge in [-0.15, -0.1) is 0 Å². The van der Waals surface area contributed by atoms with Gasteiger partial charge in [0.25, 0.3) is 0 Å². The first-order valence-corrected chi connectivity index (χ1v) is 7.11. The third kappa shape index (κ3) is 3.24. The Bertz CT molecular complexity index is 296. The molecule has 0 aliphatic carbocycles. The van der Waals surface area contributed by atoms with Crippen molar-refractivity contribution in [2.45, 2.75) is 19.0 Å². The van der Waals surface area contributed by atoms with Crippen molar-refractivity contribution in [2.24, 2.45) is 5.73 Å². The predicted molar refractivity (Wildman–Crippen MR) is 71.6 cm³/mol. The maximum Gasteiger partial charge on any atom is 0.0237 e. The molecule has 0 spiro atoms. The van der Waals surface area contributed by atoms with Gasteiger partial charge in [-0.1, -0.05) is 30.3 Å². The van der Waals surface area contributed by atoms with E-state index in [9.17, 15) is 0 Å². The van der Waals surface area contributed by atoms with Crippen LogP contribution in [0, 0.1) is 0 Å². The van der Waals surface area contributed by atoms with Gasteiger partial charge in [0, 0.05) is 31.4 Å². The number of nitrogens with two attached hydrogens (primary N) is 1. The van der Waals surface area contributed by atoms with Crippen molar-refractivity contribution < 1.29 is 0 Å². The van der Waals surface area contributed by atoms with E-state index in [1.807, 2.05) is 0 Å². The Morgan fingerprint density at radius 1 is 1.31 bits per heavy atom. The molecule has 1 unspecified atom stereocenters. The monoisotopic (exact) mass is 236 g/mol. The lowest BCUT2D eigenvalue weighted by Crippen LogP contribution is -2.38. The van der Waals surface area contributed by atoms with E-state index in [4.69, 9.17) is 5.73 Å². The molecule has 1 saturated heterocycles. The van der Waals surface area contributed by atoms with Crippen molar-refractivity contribution in [2.75, 3.05) is 24.6 Å². The summed E-state index contributed by atoms with van der Waals surface area (Å²) >= 11 is 2.06. The van der Waals surface area contributed by atoms with E-state index in [0.29, 0.717) is 0 Å². The van der Waals surface area contributed by atoms with Gasteiger partial charge in [-0.25, -0.2) is 0 Å². The van der Waals surface area contributed by atoms with Gasteiger partial charge in [0.2, 0.25) is 0 Å². The van der Waals surface area contributed by atoms with Gasteiger partial charge in [-0.05, 0) is 17.7 Å². The van der Waals surface area contributed by atoms with E-state index in [1.165, 1.54) is 23.5 Å². The smallest absolute Gasteiger partial charge is 0.0237 e. The van der Waals surface area contributed by atoms with Gasteiger partial charge in [-0.2, -0.15) is 11.8 Å². The lowest BCUT2D eigenvalue weighted by atomic mass is 10.1. The summed E-state index contributed by atoms with van der Waals surface area (Å²) in [6.45, 7) is 2.82. The first-order chi connectivity index (χ1) is 7.90. The van der Waals surface area contributed by atoms with Gasteiger partial charge in [0.15, 0.2) is 0 Å². The van der Waals surface area contributed by atoms with E-state index in [2.05, 4.69) is 47.0 Å². The Hall–Kier alpha value is -0.510. The van der Waals surface area contributed by atoms with Crippen LogP contribution in [0.1, 0.15) is 12.0 Å². The minimum atomic E-state index is 0.730. The van der Waals surface area contributed by atoms with E-state index in [1.54, 1.807) is 0 Å². The van der Waals surface area contributed by atoms with Crippen LogP contribution in [-0.4, -0.2) is 35.5 Å². The molecule has 0 radical (unpaired) electrons. The maximum absolute atomic E-state index is 5.70. The first-order valence-electron chi connectivity index (χ1n) is 5.96. The lowest BCUT2D eigenvalue weighted by molar-refractivity contribution is 0.210. The lowest BCUT2D eigenvalue weighted by Gasteiger charge is -2.27. The quantitative estimate of drug-likeness (QED) is 0.847. The topological polar surface area (TPSA) is 29.3 Å². The molecule has 1 aliphatic rings. The zero-order valence-electron chi connectivity index (χ0n) is 9.64. The summed E-state index contributed by atoms with van der Waals surface area (Å²) in [5.74, 6) is 2.58. The molecule has 2 N–H and O–H groups in total. The normalized spacial score (nSPS) is 20.5. The Morgan fingerprint density at radius 2 is 2.12 bits per heavy atom. The summed E-state index contributed by atoms with van der Waals surface area (Å²) in [6, 6.07) is 11.4. The highest BCUT2D eigenvalue weighted by Gasteiger charge is 2.22. The molecule has 0 aromatic heterocycles. The van der Waals surface area contributed by atoms with Crippen molar-refractivity contribution >= 4 is 11.8 Å². The maximum atomic E-state index is 5.70.